The standard InChI is InChI=1S/C8H13N2OP/c1-5-4-7(11-12)6-2-3-9-8(6)10-5/h4,6,8-9H,2-3,12H2,1H3. The van der Waals surface area contributed by atoms with Crippen LogP contribution >= 0.6 is 9.47 Å². The van der Waals surface area contributed by atoms with Gasteiger partial charge in [-0.2, -0.15) is 0 Å². The molecule has 0 aromatic heterocycles. The molecule has 2 aliphatic heterocycles. The number of fused-ring (bicyclic) bond motifs is 1. The lowest BCUT2D eigenvalue weighted by atomic mass is 10.0. The van der Waals surface area contributed by atoms with E-state index in [4.69, 9.17) is 4.52 Å². The van der Waals surface area contributed by atoms with Gasteiger partial charge in [-0.3, -0.25) is 10.3 Å². The molecule has 12 heavy (non-hydrogen) atoms. The number of rotatable bonds is 1. The van der Waals surface area contributed by atoms with Crippen molar-refractivity contribution >= 4 is 15.2 Å². The summed E-state index contributed by atoms with van der Waals surface area (Å²) < 4.78 is 5.23. The summed E-state index contributed by atoms with van der Waals surface area (Å²) in [4.78, 5) is 4.48. The SMILES string of the molecule is CC1=NC2NCCC2C(OP)=C1. The van der Waals surface area contributed by atoms with E-state index in [9.17, 15) is 0 Å². The minimum absolute atomic E-state index is 0.255. The van der Waals surface area contributed by atoms with E-state index in [0.29, 0.717) is 5.92 Å². The highest BCUT2D eigenvalue weighted by molar-refractivity contribution is 7.10. The van der Waals surface area contributed by atoms with Crippen molar-refractivity contribution in [3.05, 3.63) is 11.8 Å². The summed E-state index contributed by atoms with van der Waals surface area (Å²) in [5.74, 6) is 1.49. The zero-order valence-corrected chi connectivity index (χ0v) is 8.23. The van der Waals surface area contributed by atoms with Crippen LogP contribution in [0.25, 0.3) is 0 Å². The van der Waals surface area contributed by atoms with Crippen molar-refractivity contribution in [1.29, 1.82) is 0 Å². The number of nitrogens with zero attached hydrogens (tertiary/aromatic N) is 1. The van der Waals surface area contributed by atoms with E-state index < -0.39 is 0 Å². The molecule has 66 valence electrons. The van der Waals surface area contributed by atoms with Crippen molar-refractivity contribution in [2.45, 2.75) is 19.5 Å². The second-order valence-electron chi connectivity index (χ2n) is 3.23. The van der Waals surface area contributed by atoms with Crippen LogP contribution in [0.1, 0.15) is 13.3 Å². The number of allylic oxidation sites excluding steroid dienone is 1. The molecule has 2 heterocycles. The predicted molar refractivity (Wildman–Crippen MR) is 51.9 cm³/mol. The van der Waals surface area contributed by atoms with Crippen LogP contribution in [0.3, 0.4) is 0 Å². The molecule has 0 radical (unpaired) electrons. The van der Waals surface area contributed by atoms with E-state index in [1.165, 1.54) is 0 Å². The van der Waals surface area contributed by atoms with E-state index in [-0.39, 0.29) is 6.17 Å². The van der Waals surface area contributed by atoms with Gasteiger partial charge in [0.1, 0.15) is 11.9 Å². The highest BCUT2D eigenvalue weighted by Crippen LogP contribution is 2.30. The van der Waals surface area contributed by atoms with Crippen LogP contribution in [0.2, 0.25) is 0 Å². The number of dihydropyridines is 1. The Labute approximate surface area is 74.6 Å². The molecule has 1 N–H and O–H groups in total. The summed E-state index contributed by atoms with van der Waals surface area (Å²) in [6.07, 6.45) is 3.40. The Kier molecular flexibility index (Phi) is 2.16. The lowest BCUT2D eigenvalue weighted by Gasteiger charge is -2.22. The van der Waals surface area contributed by atoms with E-state index >= 15 is 0 Å². The van der Waals surface area contributed by atoms with E-state index in [1.807, 2.05) is 13.0 Å². The lowest BCUT2D eigenvalue weighted by molar-refractivity contribution is 0.361. The molecule has 2 aliphatic rings. The van der Waals surface area contributed by atoms with Crippen molar-refractivity contribution in [3.8, 4) is 0 Å². The van der Waals surface area contributed by atoms with Gasteiger partial charge < -0.3 is 4.52 Å². The zero-order valence-electron chi connectivity index (χ0n) is 7.08. The topological polar surface area (TPSA) is 33.6 Å². The van der Waals surface area contributed by atoms with Crippen molar-refractivity contribution in [3.63, 3.8) is 0 Å². The molecule has 1 fully saturated rings. The van der Waals surface area contributed by atoms with Crippen molar-refractivity contribution in [1.82, 2.24) is 5.32 Å². The van der Waals surface area contributed by atoms with Gasteiger partial charge in [0.05, 0.1) is 15.4 Å². The van der Waals surface area contributed by atoms with Crippen LogP contribution in [0.5, 0.6) is 0 Å². The third-order valence-electron chi connectivity index (χ3n) is 2.39. The first-order chi connectivity index (χ1) is 5.81. The van der Waals surface area contributed by atoms with Crippen LogP contribution in [-0.2, 0) is 4.52 Å². The third-order valence-corrected chi connectivity index (χ3v) is 2.66. The Hall–Kier alpha value is -0.400. The quantitative estimate of drug-likeness (QED) is 0.619. The molecule has 0 bridgehead atoms. The van der Waals surface area contributed by atoms with Gasteiger partial charge >= 0.3 is 0 Å². The highest BCUT2D eigenvalue weighted by Gasteiger charge is 2.32. The molecule has 0 spiro atoms. The normalized spacial score (nSPS) is 33.8. The molecule has 0 aliphatic carbocycles. The first kappa shape index (κ1) is 8.21. The fourth-order valence-electron chi connectivity index (χ4n) is 1.81. The first-order valence-corrected chi connectivity index (χ1v) is 4.64. The molecular formula is C8H13N2OP. The molecule has 3 nitrogen and oxygen atoms in total. The summed E-state index contributed by atoms with van der Waals surface area (Å²) >= 11 is 0. The Morgan fingerprint density at radius 3 is 3.33 bits per heavy atom. The number of nitrogens with one attached hydrogen (secondary N) is 1. The van der Waals surface area contributed by atoms with Gasteiger partial charge in [0.2, 0.25) is 0 Å². The maximum absolute atomic E-state index is 5.23. The summed E-state index contributed by atoms with van der Waals surface area (Å²) in [5, 5.41) is 3.34. The third kappa shape index (κ3) is 1.27. The Balaban J connectivity index is 2.26. The molecule has 0 saturated carbocycles. The number of hydrogen-bond acceptors (Lipinski definition) is 3. The van der Waals surface area contributed by atoms with Gasteiger partial charge in [-0.1, -0.05) is 0 Å². The van der Waals surface area contributed by atoms with E-state index in [2.05, 4.69) is 19.8 Å². The smallest absolute Gasteiger partial charge is 0.110 e. The molecular weight excluding hydrogens is 171 g/mol. The van der Waals surface area contributed by atoms with E-state index in [1.54, 1.807) is 0 Å². The molecule has 0 aromatic carbocycles. The molecule has 3 atom stereocenters. The van der Waals surface area contributed by atoms with Gasteiger partial charge in [-0.15, -0.1) is 0 Å². The van der Waals surface area contributed by atoms with Gasteiger partial charge in [-0.25, -0.2) is 0 Å². The Morgan fingerprint density at radius 2 is 2.58 bits per heavy atom. The average molecular weight is 184 g/mol. The van der Waals surface area contributed by atoms with Crippen molar-refractivity contribution in [2.24, 2.45) is 10.9 Å². The van der Waals surface area contributed by atoms with Crippen molar-refractivity contribution < 1.29 is 4.52 Å². The van der Waals surface area contributed by atoms with Crippen LogP contribution in [0.4, 0.5) is 0 Å². The van der Waals surface area contributed by atoms with Gasteiger partial charge in [0, 0.05) is 5.71 Å². The second kappa shape index (κ2) is 3.15. The number of hydrogen-bond donors (Lipinski definition) is 1. The molecule has 4 heteroatoms. The van der Waals surface area contributed by atoms with Gasteiger partial charge in [-0.05, 0) is 26.0 Å². The summed E-state index contributed by atoms with van der Waals surface area (Å²) in [5.41, 5.74) is 1.04. The average Bonchev–Trinajstić information content (AvgIpc) is 2.50. The van der Waals surface area contributed by atoms with Crippen LogP contribution in [0.15, 0.2) is 16.8 Å². The molecule has 1 saturated heterocycles. The lowest BCUT2D eigenvalue weighted by Crippen LogP contribution is -2.29. The zero-order chi connectivity index (χ0) is 8.55. The first-order valence-electron chi connectivity index (χ1n) is 4.17. The molecule has 0 amide bonds. The monoisotopic (exact) mass is 184 g/mol. The maximum Gasteiger partial charge on any atom is 0.110 e. The Morgan fingerprint density at radius 1 is 1.75 bits per heavy atom. The Bertz CT molecular complexity index is 249. The van der Waals surface area contributed by atoms with Crippen LogP contribution in [0, 0.1) is 5.92 Å². The minimum atomic E-state index is 0.255. The molecule has 3 unspecified atom stereocenters. The maximum atomic E-state index is 5.23. The molecule has 2 rings (SSSR count). The highest BCUT2D eigenvalue weighted by atomic mass is 31.0. The number of aliphatic imine (C=N–C) groups is 1. The van der Waals surface area contributed by atoms with Crippen LogP contribution in [-0.4, -0.2) is 18.4 Å². The van der Waals surface area contributed by atoms with Gasteiger partial charge in [0.15, 0.2) is 0 Å². The fourth-order valence-corrected chi connectivity index (χ4v) is 2.05. The summed E-state index contributed by atoms with van der Waals surface area (Å²) in [6, 6.07) is 0. The predicted octanol–water partition coefficient (Wildman–Crippen LogP) is 1.09. The summed E-state index contributed by atoms with van der Waals surface area (Å²) in [7, 11) is 2.31. The second-order valence-corrected chi connectivity index (χ2v) is 3.46. The van der Waals surface area contributed by atoms with Crippen molar-refractivity contribution in [2.75, 3.05) is 6.54 Å². The largest absolute Gasteiger partial charge is 0.484 e. The summed E-state index contributed by atoms with van der Waals surface area (Å²) in [6.45, 7) is 3.04. The van der Waals surface area contributed by atoms with Gasteiger partial charge in [0.25, 0.3) is 0 Å². The fraction of sp³-hybridized carbons (Fsp3) is 0.625. The van der Waals surface area contributed by atoms with E-state index in [0.717, 1.165) is 24.4 Å². The minimum Gasteiger partial charge on any atom is -0.484 e. The molecule has 0 aromatic rings. The van der Waals surface area contributed by atoms with Crippen LogP contribution < -0.4 is 5.32 Å².